The van der Waals surface area contributed by atoms with Crippen LogP contribution < -0.4 is 11.3 Å². The minimum atomic E-state index is 0.163. The second-order valence-electron chi connectivity index (χ2n) is 4.02. The van der Waals surface area contributed by atoms with E-state index in [9.17, 15) is 0 Å². The van der Waals surface area contributed by atoms with Gasteiger partial charge >= 0.3 is 0 Å². The lowest BCUT2D eigenvalue weighted by atomic mass is 9.84. The molecule has 0 aromatic carbocycles. The molecule has 0 spiro atoms. The molecule has 0 aliphatic carbocycles. The Morgan fingerprint density at radius 1 is 1.50 bits per heavy atom. The Balaban J connectivity index is 2.84. The van der Waals surface area contributed by atoms with Crippen LogP contribution in [0.3, 0.4) is 0 Å². The van der Waals surface area contributed by atoms with Crippen LogP contribution in [0.2, 0.25) is 0 Å². The Hall–Kier alpha value is -0.380. The standard InChI is InChI=1S/C9H16N2S/c1-9(2,3)8(11-10)7-4-5-12-6-7/h4-6,8,11H,10H2,1-3H3. The van der Waals surface area contributed by atoms with Crippen LogP contribution in [0.25, 0.3) is 0 Å². The van der Waals surface area contributed by atoms with Gasteiger partial charge in [0, 0.05) is 0 Å². The van der Waals surface area contributed by atoms with Gasteiger partial charge in [-0.05, 0) is 27.8 Å². The van der Waals surface area contributed by atoms with Gasteiger partial charge in [-0.1, -0.05) is 20.8 Å². The quantitative estimate of drug-likeness (QED) is 0.546. The van der Waals surface area contributed by atoms with Crippen molar-refractivity contribution >= 4 is 11.3 Å². The molecule has 3 N–H and O–H groups in total. The van der Waals surface area contributed by atoms with Gasteiger partial charge in [0.15, 0.2) is 0 Å². The van der Waals surface area contributed by atoms with Crippen LogP contribution in [0.15, 0.2) is 16.8 Å². The molecule has 68 valence electrons. The summed E-state index contributed by atoms with van der Waals surface area (Å²) in [7, 11) is 0. The predicted molar refractivity (Wildman–Crippen MR) is 53.8 cm³/mol. The van der Waals surface area contributed by atoms with Crippen molar-refractivity contribution < 1.29 is 0 Å². The molecule has 1 atom stereocenters. The van der Waals surface area contributed by atoms with Crippen molar-refractivity contribution in [2.45, 2.75) is 26.8 Å². The molecule has 1 aromatic rings. The Labute approximate surface area is 77.8 Å². The van der Waals surface area contributed by atoms with E-state index in [-0.39, 0.29) is 11.5 Å². The van der Waals surface area contributed by atoms with Crippen molar-refractivity contribution in [3.8, 4) is 0 Å². The van der Waals surface area contributed by atoms with Crippen molar-refractivity contribution in [3.05, 3.63) is 22.4 Å². The highest BCUT2D eigenvalue weighted by Crippen LogP contribution is 2.32. The van der Waals surface area contributed by atoms with Gasteiger partial charge in [-0.15, -0.1) is 0 Å². The minimum Gasteiger partial charge on any atom is -0.271 e. The predicted octanol–water partition coefficient (Wildman–Crippen LogP) is 2.30. The maximum absolute atomic E-state index is 5.50. The molecule has 3 heteroatoms. The van der Waals surface area contributed by atoms with Gasteiger partial charge in [-0.3, -0.25) is 11.3 Å². The van der Waals surface area contributed by atoms with Crippen LogP contribution in [0.4, 0.5) is 0 Å². The Morgan fingerprint density at radius 2 is 2.17 bits per heavy atom. The van der Waals surface area contributed by atoms with Crippen LogP contribution in [0, 0.1) is 5.41 Å². The van der Waals surface area contributed by atoms with E-state index in [0.717, 1.165) is 0 Å². The zero-order valence-corrected chi connectivity index (χ0v) is 8.61. The van der Waals surface area contributed by atoms with Crippen molar-refractivity contribution in [2.75, 3.05) is 0 Å². The van der Waals surface area contributed by atoms with Gasteiger partial charge in [0.25, 0.3) is 0 Å². The summed E-state index contributed by atoms with van der Waals surface area (Å²) in [5, 5.41) is 4.21. The maximum Gasteiger partial charge on any atom is 0.0516 e. The van der Waals surface area contributed by atoms with Crippen LogP contribution in [-0.2, 0) is 0 Å². The summed E-state index contributed by atoms with van der Waals surface area (Å²) in [6.45, 7) is 6.53. The van der Waals surface area contributed by atoms with E-state index in [0.29, 0.717) is 0 Å². The average Bonchev–Trinajstić information content (AvgIpc) is 2.38. The summed E-state index contributed by atoms with van der Waals surface area (Å²) >= 11 is 1.70. The Morgan fingerprint density at radius 3 is 2.50 bits per heavy atom. The smallest absolute Gasteiger partial charge is 0.0516 e. The number of hydrogen-bond donors (Lipinski definition) is 2. The molecule has 0 saturated heterocycles. The van der Waals surface area contributed by atoms with Gasteiger partial charge in [0.05, 0.1) is 6.04 Å². The average molecular weight is 184 g/mol. The fraction of sp³-hybridized carbons (Fsp3) is 0.556. The molecule has 0 saturated carbocycles. The number of hydrazine groups is 1. The third-order valence-electron chi connectivity index (χ3n) is 1.91. The third-order valence-corrected chi connectivity index (χ3v) is 2.61. The molecule has 0 amide bonds. The molecular formula is C9H16N2S. The minimum absolute atomic E-state index is 0.163. The number of rotatable bonds is 2. The lowest BCUT2D eigenvalue weighted by Gasteiger charge is -2.29. The van der Waals surface area contributed by atoms with E-state index in [4.69, 9.17) is 5.84 Å². The van der Waals surface area contributed by atoms with Crippen LogP contribution in [0.1, 0.15) is 32.4 Å². The first-order valence-corrected chi connectivity index (χ1v) is 4.98. The molecule has 0 bridgehead atoms. The normalized spacial score (nSPS) is 14.7. The number of nitrogens with one attached hydrogen (secondary N) is 1. The van der Waals surface area contributed by atoms with Crippen LogP contribution >= 0.6 is 11.3 Å². The summed E-state index contributed by atoms with van der Waals surface area (Å²) in [5.74, 6) is 5.50. The number of hydrogen-bond acceptors (Lipinski definition) is 3. The number of nitrogens with two attached hydrogens (primary N) is 1. The highest BCUT2D eigenvalue weighted by atomic mass is 32.1. The fourth-order valence-corrected chi connectivity index (χ4v) is 1.97. The highest BCUT2D eigenvalue weighted by Gasteiger charge is 2.24. The molecule has 1 unspecified atom stereocenters. The summed E-state index contributed by atoms with van der Waals surface area (Å²) in [4.78, 5) is 0. The molecule has 1 heterocycles. The summed E-state index contributed by atoms with van der Waals surface area (Å²) in [5.41, 5.74) is 4.29. The van der Waals surface area contributed by atoms with E-state index in [1.807, 2.05) is 0 Å². The van der Waals surface area contributed by atoms with Gasteiger partial charge in [0.2, 0.25) is 0 Å². The molecule has 0 fully saturated rings. The Bertz CT molecular complexity index is 223. The first kappa shape index (κ1) is 9.71. The van der Waals surface area contributed by atoms with Crippen molar-refractivity contribution in [1.82, 2.24) is 5.43 Å². The van der Waals surface area contributed by atoms with Crippen molar-refractivity contribution in [3.63, 3.8) is 0 Å². The third kappa shape index (κ3) is 2.06. The molecular weight excluding hydrogens is 168 g/mol. The Kier molecular flexibility index (Phi) is 2.88. The monoisotopic (exact) mass is 184 g/mol. The molecule has 12 heavy (non-hydrogen) atoms. The highest BCUT2D eigenvalue weighted by molar-refractivity contribution is 7.07. The molecule has 0 aliphatic heterocycles. The van der Waals surface area contributed by atoms with Gasteiger partial charge in [-0.25, -0.2) is 0 Å². The zero-order valence-electron chi connectivity index (χ0n) is 7.79. The van der Waals surface area contributed by atoms with Gasteiger partial charge in [-0.2, -0.15) is 11.3 Å². The SMILES string of the molecule is CC(C)(C)C(NN)c1ccsc1. The topological polar surface area (TPSA) is 38.0 Å². The summed E-state index contributed by atoms with van der Waals surface area (Å²) in [6.07, 6.45) is 0. The van der Waals surface area contributed by atoms with Gasteiger partial charge in [0.1, 0.15) is 0 Å². The summed E-state index contributed by atoms with van der Waals surface area (Å²) in [6, 6.07) is 2.35. The fourth-order valence-electron chi connectivity index (χ4n) is 1.29. The lowest BCUT2D eigenvalue weighted by Crippen LogP contribution is -2.36. The van der Waals surface area contributed by atoms with Gasteiger partial charge < -0.3 is 0 Å². The van der Waals surface area contributed by atoms with E-state index in [1.54, 1.807) is 11.3 Å². The van der Waals surface area contributed by atoms with Crippen molar-refractivity contribution in [1.29, 1.82) is 0 Å². The molecule has 0 radical (unpaired) electrons. The van der Waals surface area contributed by atoms with E-state index < -0.39 is 0 Å². The first-order valence-electron chi connectivity index (χ1n) is 4.04. The second kappa shape index (κ2) is 3.56. The molecule has 1 rings (SSSR count). The zero-order chi connectivity index (χ0) is 9.19. The number of thiophene rings is 1. The summed E-state index contributed by atoms with van der Waals surface area (Å²) < 4.78 is 0. The van der Waals surface area contributed by atoms with E-state index in [2.05, 4.69) is 43.0 Å². The first-order chi connectivity index (χ1) is 5.55. The molecule has 1 aromatic heterocycles. The molecule has 0 aliphatic rings. The maximum atomic E-state index is 5.50. The van der Waals surface area contributed by atoms with E-state index >= 15 is 0 Å². The van der Waals surface area contributed by atoms with Crippen LogP contribution in [-0.4, -0.2) is 0 Å². The lowest BCUT2D eigenvalue weighted by molar-refractivity contribution is 0.276. The molecule has 2 nitrogen and oxygen atoms in total. The largest absolute Gasteiger partial charge is 0.271 e. The van der Waals surface area contributed by atoms with E-state index in [1.165, 1.54) is 5.56 Å². The van der Waals surface area contributed by atoms with Crippen molar-refractivity contribution in [2.24, 2.45) is 11.3 Å². The second-order valence-corrected chi connectivity index (χ2v) is 4.80. The van der Waals surface area contributed by atoms with Crippen LogP contribution in [0.5, 0.6) is 0 Å².